The van der Waals surface area contributed by atoms with E-state index in [2.05, 4.69) is 10.3 Å². The summed E-state index contributed by atoms with van der Waals surface area (Å²) in [6.45, 7) is 9.69. The molecule has 2 unspecified atom stereocenters. The predicted molar refractivity (Wildman–Crippen MR) is 81.9 cm³/mol. The van der Waals surface area contributed by atoms with Crippen molar-refractivity contribution in [3.05, 3.63) is 24.0 Å². The van der Waals surface area contributed by atoms with Crippen LogP contribution in [0.1, 0.15) is 33.3 Å². The Hall–Kier alpha value is -1.91. The van der Waals surface area contributed by atoms with Gasteiger partial charge < -0.3 is 5.32 Å². The van der Waals surface area contributed by atoms with Crippen LogP contribution in [0.15, 0.2) is 18.5 Å². The largest absolute Gasteiger partial charge is 0.342 e. The third-order valence-corrected chi connectivity index (χ3v) is 3.78. The van der Waals surface area contributed by atoms with E-state index in [1.807, 2.05) is 40.7 Å². The van der Waals surface area contributed by atoms with Gasteiger partial charge in [-0.05, 0) is 30.4 Å². The lowest BCUT2D eigenvalue weighted by Crippen LogP contribution is -2.66. The molecule has 2 heterocycles. The van der Waals surface area contributed by atoms with Gasteiger partial charge in [-0.1, -0.05) is 27.7 Å². The highest BCUT2D eigenvalue weighted by Crippen LogP contribution is 2.27. The van der Waals surface area contributed by atoms with Crippen LogP contribution in [0.4, 0.5) is 5.69 Å². The average Bonchev–Trinajstić information content (AvgIpc) is 2.39. The van der Waals surface area contributed by atoms with Crippen molar-refractivity contribution >= 4 is 17.5 Å². The summed E-state index contributed by atoms with van der Waals surface area (Å²) >= 11 is 0. The van der Waals surface area contributed by atoms with Gasteiger partial charge in [0.1, 0.15) is 12.1 Å². The van der Waals surface area contributed by atoms with Crippen LogP contribution in [0.25, 0.3) is 0 Å². The highest BCUT2D eigenvalue weighted by atomic mass is 16.2. The Morgan fingerprint density at radius 2 is 1.81 bits per heavy atom. The van der Waals surface area contributed by atoms with Gasteiger partial charge in [-0.25, -0.2) is 0 Å². The molecule has 0 spiro atoms. The lowest BCUT2D eigenvalue weighted by molar-refractivity contribution is -0.135. The first-order chi connectivity index (χ1) is 9.82. The molecule has 0 aromatic carbocycles. The number of carbonyl (C=O) groups excluding carboxylic acids is 2. The molecule has 114 valence electrons. The minimum absolute atomic E-state index is 0.0302. The second kappa shape index (κ2) is 5.84. The molecule has 5 heteroatoms. The van der Waals surface area contributed by atoms with Crippen molar-refractivity contribution in [1.82, 2.24) is 10.3 Å². The number of piperazine rings is 1. The number of rotatable bonds is 3. The van der Waals surface area contributed by atoms with Gasteiger partial charge >= 0.3 is 0 Å². The molecule has 0 saturated carbocycles. The summed E-state index contributed by atoms with van der Waals surface area (Å²) in [7, 11) is 0. The van der Waals surface area contributed by atoms with Crippen molar-refractivity contribution < 1.29 is 9.59 Å². The fourth-order valence-electron chi connectivity index (χ4n) is 2.72. The molecule has 2 rings (SSSR count). The van der Waals surface area contributed by atoms with Crippen molar-refractivity contribution in [2.45, 2.75) is 46.7 Å². The molecular weight excluding hydrogens is 266 g/mol. The van der Waals surface area contributed by atoms with Crippen LogP contribution in [-0.4, -0.2) is 28.9 Å². The molecule has 1 N–H and O–H groups in total. The van der Waals surface area contributed by atoms with E-state index in [1.54, 1.807) is 17.3 Å². The van der Waals surface area contributed by atoms with Crippen LogP contribution in [0, 0.1) is 18.8 Å². The van der Waals surface area contributed by atoms with Crippen LogP contribution in [-0.2, 0) is 9.59 Å². The molecule has 1 aromatic rings. The Morgan fingerprint density at radius 1 is 1.14 bits per heavy atom. The number of nitrogens with one attached hydrogen (secondary N) is 1. The summed E-state index contributed by atoms with van der Waals surface area (Å²) in [5.74, 6) is -0.0714. The van der Waals surface area contributed by atoms with E-state index in [0.29, 0.717) is 5.69 Å². The fourth-order valence-corrected chi connectivity index (χ4v) is 2.72. The lowest BCUT2D eigenvalue weighted by atomic mass is 9.92. The zero-order valence-corrected chi connectivity index (χ0v) is 13.3. The summed E-state index contributed by atoms with van der Waals surface area (Å²) in [6.07, 6.45) is 3.39. The van der Waals surface area contributed by atoms with Crippen LogP contribution in [0.3, 0.4) is 0 Å². The van der Waals surface area contributed by atoms with Crippen LogP contribution < -0.4 is 10.2 Å². The third kappa shape index (κ3) is 2.91. The number of carbonyl (C=O) groups is 2. The van der Waals surface area contributed by atoms with Gasteiger partial charge in [-0.3, -0.25) is 19.5 Å². The zero-order chi connectivity index (χ0) is 15.7. The Balaban J connectivity index is 2.48. The maximum absolute atomic E-state index is 12.8. The van der Waals surface area contributed by atoms with Crippen molar-refractivity contribution in [2.24, 2.45) is 11.8 Å². The molecule has 21 heavy (non-hydrogen) atoms. The van der Waals surface area contributed by atoms with Crippen molar-refractivity contribution in [1.29, 1.82) is 0 Å². The van der Waals surface area contributed by atoms with E-state index in [4.69, 9.17) is 0 Å². The molecule has 0 aliphatic carbocycles. The molecule has 1 fully saturated rings. The lowest BCUT2D eigenvalue weighted by Gasteiger charge is -2.41. The number of hydrogen-bond donors (Lipinski definition) is 1. The standard InChI is InChI=1S/C16H23N3O2/c1-9(2)13-16(21)19(12-6-11(5)7-17-8-12)14(10(3)4)15(20)18-13/h6-10,13-14H,1-5H3,(H,18,20). The highest BCUT2D eigenvalue weighted by Gasteiger charge is 2.43. The summed E-state index contributed by atoms with van der Waals surface area (Å²) in [5.41, 5.74) is 1.66. The first-order valence-corrected chi connectivity index (χ1v) is 7.38. The average molecular weight is 289 g/mol. The molecule has 1 aromatic heterocycles. The van der Waals surface area contributed by atoms with E-state index in [0.717, 1.165) is 5.56 Å². The molecule has 1 aliphatic rings. The van der Waals surface area contributed by atoms with Gasteiger partial charge in [0.25, 0.3) is 5.91 Å². The van der Waals surface area contributed by atoms with Crippen molar-refractivity contribution in [3.63, 3.8) is 0 Å². The maximum atomic E-state index is 12.8. The topological polar surface area (TPSA) is 62.3 Å². The predicted octanol–water partition coefficient (Wildman–Crippen LogP) is 1.90. The monoisotopic (exact) mass is 289 g/mol. The van der Waals surface area contributed by atoms with Crippen molar-refractivity contribution in [3.8, 4) is 0 Å². The molecule has 1 saturated heterocycles. The van der Waals surface area contributed by atoms with E-state index in [9.17, 15) is 9.59 Å². The Morgan fingerprint density at radius 3 is 2.33 bits per heavy atom. The van der Waals surface area contributed by atoms with E-state index < -0.39 is 12.1 Å². The van der Waals surface area contributed by atoms with Gasteiger partial charge in [0.15, 0.2) is 0 Å². The molecule has 1 aliphatic heterocycles. The fraction of sp³-hybridized carbons (Fsp3) is 0.562. The first-order valence-electron chi connectivity index (χ1n) is 7.38. The molecule has 2 atom stereocenters. The maximum Gasteiger partial charge on any atom is 0.250 e. The molecular formula is C16H23N3O2. The zero-order valence-electron chi connectivity index (χ0n) is 13.3. The second-order valence-corrected chi connectivity index (χ2v) is 6.35. The number of nitrogens with zero attached hydrogens (tertiary/aromatic N) is 2. The number of amides is 2. The van der Waals surface area contributed by atoms with Crippen molar-refractivity contribution in [2.75, 3.05) is 4.90 Å². The summed E-state index contributed by atoms with van der Waals surface area (Å²) in [6, 6.07) is 0.931. The minimum Gasteiger partial charge on any atom is -0.342 e. The molecule has 0 bridgehead atoms. The van der Waals surface area contributed by atoms with Gasteiger partial charge in [0.2, 0.25) is 5.91 Å². The number of aryl methyl sites for hydroxylation is 1. The smallest absolute Gasteiger partial charge is 0.250 e. The van der Waals surface area contributed by atoms with Gasteiger partial charge in [0, 0.05) is 6.20 Å². The van der Waals surface area contributed by atoms with Crippen LogP contribution >= 0.6 is 0 Å². The van der Waals surface area contributed by atoms with Gasteiger partial charge in [-0.15, -0.1) is 0 Å². The van der Waals surface area contributed by atoms with Gasteiger partial charge in [-0.2, -0.15) is 0 Å². The number of hydrogen-bond acceptors (Lipinski definition) is 3. The Bertz CT molecular complexity index is 554. The number of pyridine rings is 1. The number of aromatic nitrogens is 1. The van der Waals surface area contributed by atoms with E-state index >= 15 is 0 Å². The van der Waals surface area contributed by atoms with Gasteiger partial charge in [0.05, 0.1) is 11.9 Å². The molecule has 2 amide bonds. The third-order valence-electron chi connectivity index (χ3n) is 3.78. The SMILES string of the molecule is Cc1cncc(N2C(=O)C(C(C)C)NC(=O)C2C(C)C)c1. The summed E-state index contributed by atoms with van der Waals surface area (Å²) in [5, 5.41) is 2.86. The van der Waals surface area contributed by atoms with E-state index in [1.165, 1.54) is 0 Å². The summed E-state index contributed by atoms with van der Waals surface area (Å²) < 4.78 is 0. The van der Waals surface area contributed by atoms with Crippen LogP contribution in [0.5, 0.6) is 0 Å². The normalized spacial score (nSPS) is 22.9. The number of anilines is 1. The van der Waals surface area contributed by atoms with E-state index in [-0.39, 0.29) is 23.7 Å². The van der Waals surface area contributed by atoms with Crippen LogP contribution in [0.2, 0.25) is 0 Å². The quantitative estimate of drug-likeness (QED) is 0.924. The molecule has 5 nitrogen and oxygen atoms in total. The summed E-state index contributed by atoms with van der Waals surface area (Å²) in [4.78, 5) is 31.0. The molecule has 0 radical (unpaired) electrons. The second-order valence-electron chi connectivity index (χ2n) is 6.35. The highest BCUT2D eigenvalue weighted by molar-refractivity contribution is 6.08. The Kier molecular flexibility index (Phi) is 4.30. The minimum atomic E-state index is -0.490. The Labute approximate surface area is 125 Å². The first kappa shape index (κ1) is 15.5.